The molecule has 0 aromatic carbocycles. The van der Waals surface area contributed by atoms with Crippen LogP contribution in [0.5, 0.6) is 0 Å². The summed E-state index contributed by atoms with van der Waals surface area (Å²) in [7, 11) is 0. The molecule has 2 saturated heterocycles. The number of aryl methyl sites for hydroxylation is 1. The molecule has 8 heteroatoms. The quantitative estimate of drug-likeness (QED) is 0.708. The number of anilines is 1. The molecule has 2 N–H and O–H groups in total. The lowest BCUT2D eigenvalue weighted by Gasteiger charge is -2.30. The number of amides is 2. The molecule has 4 rings (SSSR count). The fraction of sp³-hybridized carbons (Fsp3) is 0.632. The zero-order chi connectivity index (χ0) is 19.2. The molecule has 146 valence electrons. The van der Waals surface area contributed by atoms with Crippen molar-refractivity contribution in [3.05, 3.63) is 22.3 Å². The van der Waals surface area contributed by atoms with Crippen LogP contribution < -0.4 is 5.32 Å². The van der Waals surface area contributed by atoms with Gasteiger partial charge in [0, 0.05) is 18.0 Å². The molecular formula is C19H25BrN4O3. The van der Waals surface area contributed by atoms with E-state index in [1.54, 1.807) is 0 Å². The van der Waals surface area contributed by atoms with Gasteiger partial charge in [-0.1, -0.05) is 12.5 Å². The second-order valence-corrected chi connectivity index (χ2v) is 8.93. The SMILES string of the molecule is Cc1ccc(Br)nc1NC(=O)C1CC2(CN3CCCCC3)CC2N1C(=O)O. The number of nitrogens with one attached hydrogen (secondary N) is 1. The molecule has 3 unspecified atom stereocenters. The number of carboxylic acid groups (broad SMARTS) is 1. The predicted molar refractivity (Wildman–Crippen MR) is 105 cm³/mol. The maximum Gasteiger partial charge on any atom is 0.408 e. The summed E-state index contributed by atoms with van der Waals surface area (Å²) in [5.74, 6) is 0.196. The van der Waals surface area contributed by atoms with Crippen molar-refractivity contribution in [2.24, 2.45) is 5.41 Å². The van der Waals surface area contributed by atoms with Crippen LogP contribution >= 0.6 is 15.9 Å². The molecule has 0 radical (unpaired) electrons. The number of carbonyl (C=O) groups excluding carboxylic acids is 1. The number of fused-ring (bicyclic) bond motifs is 1. The summed E-state index contributed by atoms with van der Waals surface area (Å²) in [5.41, 5.74) is 0.789. The molecule has 0 bridgehead atoms. The highest BCUT2D eigenvalue weighted by Crippen LogP contribution is 2.60. The molecule has 1 saturated carbocycles. The third-order valence-corrected chi connectivity index (χ3v) is 6.68. The van der Waals surface area contributed by atoms with Crippen molar-refractivity contribution in [3.8, 4) is 0 Å². The Balaban J connectivity index is 1.49. The third kappa shape index (κ3) is 3.57. The van der Waals surface area contributed by atoms with Gasteiger partial charge in [0.25, 0.3) is 0 Å². The molecule has 3 heterocycles. The van der Waals surface area contributed by atoms with Gasteiger partial charge in [0.1, 0.15) is 16.5 Å². The van der Waals surface area contributed by atoms with Crippen molar-refractivity contribution in [2.45, 2.75) is 51.1 Å². The molecule has 0 spiro atoms. The van der Waals surface area contributed by atoms with E-state index in [-0.39, 0.29) is 17.4 Å². The molecule has 1 aromatic heterocycles. The van der Waals surface area contributed by atoms with Crippen LogP contribution in [0.1, 0.15) is 37.7 Å². The van der Waals surface area contributed by atoms with E-state index in [9.17, 15) is 14.7 Å². The minimum absolute atomic E-state index is 0.0377. The van der Waals surface area contributed by atoms with Crippen LogP contribution in [0, 0.1) is 12.3 Å². The van der Waals surface area contributed by atoms with Gasteiger partial charge in [-0.05, 0) is 73.3 Å². The van der Waals surface area contributed by atoms with Crippen LogP contribution in [-0.4, -0.2) is 63.6 Å². The van der Waals surface area contributed by atoms with Crippen molar-refractivity contribution in [2.75, 3.05) is 25.0 Å². The first-order chi connectivity index (χ1) is 12.9. The fourth-order valence-corrected chi connectivity index (χ4v) is 5.06. The molecule has 2 aliphatic heterocycles. The molecular weight excluding hydrogens is 412 g/mol. The van der Waals surface area contributed by atoms with Gasteiger partial charge in [0.2, 0.25) is 5.91 Å². The van der Waals surface area contributed by atoms with E-state index in [2.05, 4.69) is 31.1 Å². The Morgan fingerprint density at radius 3 is 2.74 bits per heavy atom. The van der Waals surface area contributed by atoms with Gasteiger partial charge in [-0.2, -0.15) is 0 Å². The van der Waals surface area contributed by atoms with Crippen LogP contribution in [0.15, 0.2) is 16.7 Å². The lowest BCUT2D eigenvalue weighted by Crippen LogP contribution is -2.45. The summed E-state index contributed by atoms with van der Waals surface area (Å²) >= 11 is 3.31. The van der Waals surface area contributed by atoms with Crippen molar-refractivity contribution < 1.29 is 14.7 Å². The Labute approximate surface area is 167 Å². The minimum Gasteiger partial charge on any atom is -0.465 e. The number of aromatic nitrogens is 1. The van der Waals surface area contributed by atoms with E-state index in [1.807, 2.05) is 19.1 Å². The van der Waals surface area contributed by atoms with Crippen LogP contribution in [0.25, 0.3) is 0 Å². The predicted octanol–water partition coefficient (Wildman–Crippen LogP) is 3.09. The first-order valence-corrected chi connectivity index (χ1v) is 10.4. The Morgan fingerprint density at radius 2 is 2.04 bits per heavy atom. The van der Waals surface area contributed by atoms with Crippen molar-refractivity contribution in [3.63, 3.8) is 0 Å². The highest BCUT2D eigenvalue weighted by Gasteiger charge is 2.67. The van der Waals surface area contributed by atoms with Crippen LogP contribution in [0.3, 0.4) is 0 Å². The van der Waals surface area contributed by atoms with Gasteiger partial charge in [-0.15, -0.1) is 0 Å². The van der Waals surface area contributed by atoms with Gasteiger partial charge in [-0.3, -0.25) is 9.69 Å². The summed E-state index contributed by atoms with van der Waals surface area (Å²) in [6.07, 6.45) is 4.16. The number of rotatable bonds is 4. The number of halogens is 1. The number of hydrogen-bond donors (Lipinski definition) is 2. The van der Waals surface area contributed by atoms with Crippen LogP contribution in [0.4, 0.5) is 10.6 Å². The first kappa shape index (κ1) is 18.7. The third-order valence-electron chi connectivity index (χ3n) is 6.23. The number of nitrogens with zero attached hydrogens (tertiary/aromatic N) is 3. The van der Waals surface area contributed by atoms with Crippen LogP contribution in [-0.2, 0) is 4.79 Å². The average molecular weight is 437 g/mol. The Morgan fingerprint density at radius 1 is 1.30 bits per heavy atom. The minimum atomic E-state index is -1.00. The number of carbonyl (C=O) groups is 2. The number of likely N-dealkylation sites (tertiary alicyclic amines) is 2. The standard InChI is InChI=1S/C19H25BrN4O3/c1-12-5-6-15(20)21-16(12)22-17(25)13-9-19(10-14(19)24(13)18(26)27)11-23-7-3-2-4-8-23/h5-6,13-14H,2-4,7-11H2,1H3,(H,26,27)(H,21,22,25). The molecule has 3 atom stereocenters. The second-order valence-electron chi connectivity index (χ2n) is 8.12. The maximum atomic E-state index is 12.9. The molecule has 2 amide bonds. The van der Waals surface area contributed by atoms with Gasteiger partial charge in [0.15, 0.2) is 0 Å². The normalized spacial score (nSPS) is 30.1. The highest BCUT2D eigenvalue weighted by molar-refractivity contribution is 9.10. The van der Waals surface area contributed by atoms with E-state index < -0.39 is 12.1 Å². The smallest absolute Gasteiger partial charge is 0.408 e. The Kier molecular flexibility index (Phi) is 4.88. The largest absolute Gasteiger partial charge is 0.465 e. The Hall–Kier alpha value is -1.67. The average Bonchev–Trinajstić information content (AvgIpc) is 3.21. The molecule has 27 heavy (non-hydrogen) atoms. The van der Waals surface area contributed by atoms with Crippen molar-refractivity contribution in [1.29, 1.82) is 0 Å². The Bertz CT molecular complexity index is 767. The van der Waals surface area contributed by atoms with Gasteiger partial charge in [-0.25, -0.2) is 9.78 Å². The van der Waals surface area contributed by atoms with E-state index in [0.29, 0.717) is 16.8 Å². The summed E-state index contributed by atoms with van der Waals surface area (Å²) in [5, 5.41) is 12.6. The molecule has 3 fully saturated rings. The van der Waals surface area contributed by atoms with Crippen LogP contribution in [0.2, 0.25) is 0 Å². The molecule has 7 nitrogen and oxygen atoms in total. The molecule has 1 aliphatic carbocycles. The topological polar surface area (TPSA) is 85.8 Å². The van der Waals surface area contributed by atoms with E-state index in [0.717, 1.165) is 31.6 Å². The lowest BCUT2D eigenvalue weighted by molar-refractivity contribution is -0.120. The monoisotopic (exact) mass is 436 g/mol. The van der Waals surface area contributed by atoms with Crippen molar-refractivity contribution >= 4 is 33.7 Å². The van der Waals surface area contributed by atoms with E-state index in [4.69, 9.17) is 0 Å². The number of piperidine rings is 2. The number of pyridine rings is 1. The summed E-state index contributed by atoms with van der Waals surface area (Å²) in [6.45, 7) is 4.94. The summed E-state index contributed by atoms with van der Waals surface area (Å²) in [4.78, 5) is 32.9. The highest BCUT2D eigenvalue weighted by atomic mass is 79.9. The molecule has 1 aromatic rings. The fourth-order valence-electron chi connectivity index (χ4n) is 4.75. The van der Waals surface area contributed by atoms with Gasteiger partial charge >= 0.3 is 6.09 Å². The zero-order valence-electron chi connectivity index (χ0n) is 15.4. The summed E-state index contributed by atoms with van der Waals surface area (Å²) < 4.78 is 0.634. The molecule has 3 aliphatic rings. The summed E-state index contributed by atoms with van der Waals surface area (Å²) in [6, 6.07) is 2.99. The number of hydrogen-bond acceptors (Lipinski definition) is 4. The van der Waals surface area contributed by atoms with E-state index in [1.165, 1.54) is 24.2 Å². The van der Waals surface area contributed by atoms with E-state index >= 15 is 0 Å². The van der Waals surface area contributed by atoms with Crippen molar-refractivity contribution in [1.82, 2.24) is 14.8 Å². The first-order valence-electron chi connectivity index (χ1n) is 9.57. The lowest BCUT2D eigenvalue weighted by atomic mass is 9.97. The van der Waals surface area contributed by atoms with Gasteiger partial charge in [0.05, 0.1) is 0 Å². The second kappa shape index (κ2) is 7.05. The zero-order valence-corrected chi connectivity index (χ0v) is 17.0. The maximum absolute atomic E-state index is 12.9. The van der Waals surface area contributed by atoms with Gasteiger partial charge < -0.3 is 15.3 Å².